The van der Waals surface area contributed by atoms with Gasteiger partial charge in [-0.3, -0.25) is 4.79 Å². The van der Waals surface area contributed by atoms with E-state index in [2.05, 4.69) is 31.2 Å². The number of hydrogen-bond acceptors (Lipinski definition) is 4. The molecule has 0 saturated carbocycles. The molecular weight excluding hydrogens is 388 g/mol. The second kappa shape index (κ2) is 6.72. The van der Waals surface area contributed by atoms with Gasteiger partial charge in [0.1, 0.15) is 11.3 Å². The summed E-state index contributed by atoms with van der Waals surface area (Å²) in [4.78, 5) is 31.7. The highest BCUT2D eigenvalue weighted by Gasteiger charge is 2.22. The molecule has 25 heavy (non-hydrogen) atoms. The first-order chi connectivity index (χ1) is 11.9. The lowest BCUT2D eigenvalue weighted by atomic mass is 10.1. The van der Waals surface area contributed by atoms with Crippen molar-refractivity contribution in [1.82, 2.24) is 19.7 Å². The van der Waals surface area contributed by atoms with Crippen LogP contribution in [0.2, 0.25) is 0 Å². The van der Waals surface area contributed by atoms with Crippen molar-refractivity contribution in [2.45, 2.75) is 20.4 Å². The highest BCUT2D eigenvalue weighted by molar-refractivity contribution is 9.10. The van der Waals surface area contributed by atoms with Crippen LogP contribution in [0.25, 0.3) is 5.65 Å². The zero-order valence-electron chi connectivity index (χ0n) is 14.0. The third kappa shape index (κ3) is 3.30. The summed E-state index contributed by atoms with van der Waals surface area (Å²) in [5.41, 5.74) is 3.45. The molecular formula is C17H17BrN4O3. The predicted octanol–water partition coefficient (Wildman–Crippen LogP) is 2.76. The molecule has 7 nitrogen and oxygen atoms in total. The Morgan fingerprint density at radius 1 is 1.32 bits per heavy atom. The van der Waals surface area contributed by atoms with Crippen molar-refractivity contribution in [2.75, 3.05) is 7.11 Å². The fourth-order valence-electron chi connectivity index (χ4n) is 2.75. The lowest BCUT2D eigenvalue weighted by Gasteiger charge is -2.03. The Labute approximate surface area is 152 Å². The minimum absolute atomic E-state index is 0.281. The summed E-state index contributed by atoms with van der Waals surface area (Å²) >= 11 is 3.41. The van der Waals surface area contributed by atoms with Crippen LogP contribution in [0.1, 0.15) is 37.8 Å². The van der Waals surface area contributed by atoms with Crippen LogP contribution < -0.4 is 5.32 Å². The van der Waals surface area contributed by atoms with Crippen LogP contribution in [0.3, 0.4) is 0 Å². The number of H-pyrrole nitrogens is 1. The van der Waals surface area contributed by atoms with Crippen LogP contribution >= 0.6 is 15.9 Å². The van der Waals surface area contributed by atoms with E-state index in [0.717, 1.165) is 15.8 Å². The number of esters is 1. The zero-order chi connectivity index (χ0) is 18.1. The number of hydrogen-bond donors (Lipinski definition) is 2. The molecule has 0 unspecified atom stereocenters. The maximum Gasteiger partial charge on any atom is 0.339 e. The molecule has 0 saturated heterocycles. The summed E-state index contributed by atoms with van der Waals surface area (Å²) < 4.78 is 7.58. The number of aryl methyl sites for hydroxylation is 1. The van der Waals surface area contributed by atoms with Gasteiger partial charge < -0.3 is 19.4 Å². The monoisotopic (exact) mass is 404 g/mol. The van der Waals surface area contributed by atoms with E-state index in [0.29, 0.717) is 22.5 Å². The van der Waals surface area contributed by atoms with Gasteiger partial charge in [-0.1, -0.05) is 0 Å². The third-order valence-electron chi connectivity index (χ3n) is 3.95. The van der Waals surface area contributed by atoms with E-state index in [-0.39, 0.29) is 12.5 Å². The maximum absolute atomic E-state index is 12.4. The smallest absolute Gasteiger partial charge is 0.339 e. The first kappa shape index (κ1) is 17.2. The van der Waals surface area contributed by atoms with E-state index < -0.39 is 5.97 Å². The number of carbonyl (C=O) groups excluding carboxylic acids is 2. The van der Waals surface area contributed by atoms with Crippen molar-refractivity contribution in [1.29, 1.82) is 0 Å². The molecule has 130 valence electrons. The van der Waals surface area contributed by atoms with Crippen molar-refractivity contribution in [2.24, 2.45) is 0 Å². The third-order valence-corrected chi connectivity index (χ3v) is 4.42. The molecule has 0 radical (unpaired) electrons. The SMILES string of the molecule is COC(=O)c1c(C)[nH]c(C(=O)NCc2cn3cc(Br)ccc3n2)c1C. The van der Waals surface area contributed by atoms with E-state index in [1.807, 2.05) is 28.9 Å². The number of nitrogens with one attached hydrogen (secondary N) is 2. The Bertz CT molecular complexity index is 974. The molecule has 0 fully saturated rings. The van der Waals surface area contributed by atoms with E-state index in [4.69, 9.17) is 4.74 Å². The normalized spacial score (nSPS) is 10.9. The largest absolute Gasteiger partial charge is 0.465 e. The summed E-state index contributed by atoms with van der Waals surface area (Å²) in [5, 5.41) is 2.82. The molecule has 0 bridgehead atoms. The molecule has 3 aromatic heterocycles. The van der Waals surface area contributed by atoms with Crippen LogP contribution in [0.15, 0.2) is 29.0 Å². The van der Waals surface area contributed by atoms with Crippen LogP contribution in [0.4, 0.5) is 0 Å². The average molecular weight is 405 g/mol. The van der Waals surface area contributed by atoms with Gasteiger partial charge in [0.15, 0.2) is 0 Å². The Morgan fingerprint density at radius 2 is 2.08 bits per heavy atom. The average Bonchev–Trinajstić information content (AvgIpc) is 3.11. The van der Waals surface area contributed by atoms with Crippen molar-refractivity contribution < 1.29 is 14.3 Å². The molecule has 0 aliphatic rings. The number of nitrogens with zero attached hydrogens (tertiary/aromatic N) is 2. The Balaban J connectivity index is 1.77. The minimum Gasteiger partial charge on any atom is -0.465 e. The first-order valence-electron chi connectivity index (χ1n) is 7.59. The summed E-state index contributed by atoms with van der Waals surface area (Å²) in [6.45, 7) is 3.73. The lowest BCUT2D eigenvalue weighted by Crippen LogP contribution is -2.24. The fraction of sp³-hybridized carbons (Fsp3) is 0.235. The van der Waals surface area contributed by atoms with Crippen LogP contribution in [-0.4, -0.2) is 33.4 Å². The second-order valence-electron chi connectivity index (χ2n) is 5.64. The number of halogens is 1. The van der Waals surface area contributed by atoms with E-state index >= 15 is 0 Å². The number of aromatic nitrogens is 3. The van der Waals surface area contributed by atoms with Gasteiger partial charge in [0.25, 0.3) is 5.91 Å². The molecule has 0 aliphatic heterocycles. The minimum atomic E-state index is -0.462. The highest BCUT2D eigenvalue weighted by atomic mass is 79.9. The lowest BCUT2D eigenvalue weighted by molar-refractivity contribution is 0.0599. The van der Waals surface area contributed by atoms with E-state index in [9.17, 15) is 9.59 Å². The van der Waals surface area contributed by atoms with Gasteiger partial charge in [-0.2, -0.15) is 0 Å². The number of fused-ring (bicyclic) bond motifs is 1. The fourth-order valence-corrected chi connectivity index (χ4v) is 3.10. The molecule has 2 N–H and O–H groups in total. The van der Waals surface area contributed by atoms with Gasteiger partial charge in [0.05, 0.1) is 24.9 Å². The molecule has 8 heteroatoms. The van der Waals surface area contributed by atoms with E-state index in [1.54, 1.807) is 13.8 Å². The summed E-state index contributed by atoms with van der Waals surface area (Å²) in [7, 11) is 1.32. The summed E-state index contributed by atoms with van der Waals surface area (Å²) in [6, 6.07) is 3.79. The number of methoxy groups -OCH3 is 1. The van der Waals surface area contributed by atoms with Gasteiger partial charge in [0, 0.05) is 22.6 Å². The number of carbonyl (C=O) groups is 2. The van der Waals surface area contributed by atoms with Crippen molar-refractivity contribution in [3.8, 4) is 0 Å². The Kier molecular flexibility index (Phi) is 4.63. The maximum atomic E-state index is 12.4. The van der Waals surface area contributed by atoms with Crippen LogP contribution in [-0.2, 0) is 11.3 Å². The van der Waals surface area contributed by atoms with Gasteiger partial charge in [-0.25, -0.2) is 9.78 Å². The molecule has 0 atom stereocenters. The summed E-state index contributed by atoms with van der Waals surface area (Å²) in [5.74, 6) is -0.759. The first-order valence-corrected chi connectivity index (χ1v) is 8.38. The van der Waals surface area contributed by atoms with Crippen molar-refractivity contribution in [3.05, 3.63) is 57.2 Å². The molecule has 0 spiro atoms. The number of pyridine rings is 1. The van der Waals surface area contributed by atoms with Crippen LogP contribution in [0, 0.1) is 13.8 Å². The topological polar surface area (TPSA) is 88.5 Å². The quantitative estimate of drug-likeness (QED) is 0.654. The highest BCUT2D eigenvalue weighted by Crippen LogP contribution is 2.19. The molecule has 1 amide bonds. The van der Waals surface area contributed by atoms with Gasteiger partial charge in [-0.05, 0) is 47.5 Å². The van der Waals surface area contributed by atoms with E-state index in [1.165, 1.54) is 7.11 Å². The Morgan fingerprint density at radius 3 is 2.80 bits per heavy atom. The van der Waals surface area contributed by atoms with Gasteiger partial charge in [0.2, 0.25) is 0 Å². The number of ether oxygens (including phenoxy) is 1. The molecule has 3 aromatic rings. The van der Waals surface area contributed by atoms with Gasteiger partial charge >= 0.3 is 5.97 Å². The number of imidazole rings is 1. The molecule has 0 aliphatic carbocycles. The van der Waals surface area contributed by atoms with Gasteiger partial charge in [-0.15, -0.1) is 0 Å². The molecule has 0 aromatic carbocycles. The zero-order valence-corrected chi connectivity index (χ0v) is 15.6. The van der Waals surface area contributed by atoms with Crippen LogP contribution in [0.5, 0.6) is 0 Å². The predicted molar refractivity (Wildman–Crippen MR) is 95.7 cm³/mol. The Hall–Kier alpha value is -2.61. The summed E-state index contributed by atoms with van der Waals surface area (Å²) in [6.07, 6.45) is 3.75. The second-order valence-corrected chi connectivity index (χ2v) is 6.56. The molecule has 3 heterocycles. The number of amides is 1. The molecule has 3 rings (SSSR count). The standard InChI is InChI=1S/C17H17BrN4O3/c1-9-14(17(24)25-3)10(2)20-15(9)16(23)19-6-12-8-22-7-11(18)4-5-13(22)21-12/h4-5,7-8,20H,6H2,1-3H3,(H,19,23). The number of aromatic amines is 1. The van der Waals surface area contributed by atoms with Crippen molar-refractivity contribution in [3.63, 3.8) is 0 Å². The number of rotatable bonds is 4. The van der Waals surface area contributed by atoms with Crippen molar-refractivity contribution >= 4 is 33.5 Å².